The number of carbonyl (C=O) groups is 1. The van der Waals surface area contributed by atoms with Gasteiger partial charge in [-0.1, -0.05) is 12.1 Å². The van der Waals surface area contributed by atoms with E-state index in [2.05, 4.69) is 57.0 Å². The first kappa shape index (κ1) is 13.2. The van der Waals surface area contributed by atoms with Crippen LogP contribution in [-0.2, 0) is 0 Å². The molecule has 0 aromatic heterocycles. The zero-order valence-electron chi connectivity index (χ0n) is 11.2. The fourth-order valence-corrected chi connectivity index (χ4v) is 3.18. The second kappa shape index (κ2) is 5.29. The molecule has 0 saturated heterocycles. The Labute approximate surface area is 126 Å². The quantitative estimate of drug-likeness (QED) is 0.781. The number of likely N-dealkylation sites (N-methyl/N-ethyl adjacent to an activating group) is 1. The summed E-state index contributed by atoms with van der Waals surface area (Å²) in [7, 11) is 2.11. The Hall–Kier alpha value is -1.81. The molecule has 2 aromatic carbocycles. The minimum Gasteiger partial charge on any atom is -0.371 e. The lowest BCUT2D eigenvalue weighted by atomic mass is 10.1. The average Bonchev–Trinajstić information content (AvgIpc) is 2.48. The highest BCUT2D eigenvalue weighted by Gasteiger charge is 2.22. The summed E-state index contributed by atoms with van der Waals surface area (Å²) in [5.41, 5.74) is 4.20. The van der Waals surface area contributed by atoms with Crippen LogP contribution < -0.4 is 9.80 Å². The van der Waals surface area contributed by atoms with Gasteiger partial charge >= 0.3 is 0 Å². The molecule has 0 unspecified atom stereocenters. The van der Waals surface area contributed by atoms with Gasteiger partial charge in [0.1, 0.15) is 6.29 Å². The van der Waals surface area contributed by atoms with E-state index >= 15 is 0 Å². The number of carbonyl (C=O) groups excluding carboxylic acids is 1. The van der Waals surface area contributed by atoms with Crippen molar-refractivity contribution < 1.29 is 4.79 Å². The minimum absolute atomic E-state index is 0.683. The lowest BCUT2D eigenvalue weighted by Crippen LogP contribution is -2.36. The van der Waals surface area contributed by atoms with E-state index in [9.17, 15) is 4.79 Å². The maximum Gasteiger partial charge on any atom is 0.150 e. The third-order valence-corrected chi connectivity index (χ3v) is 4.28. The van der Waals surface area contributed by atoms with E-state index in [4.69, 9.17) is 0 Å². The Kier molecular flexibility index (Phi) is 3.49. The van der Waals surface area contributed by atoms with Crippen LogP contribution in [0.3, 0.4) is 0 Å². The summed E-state index contributed by atoms with van der Waals surface area (Å²) < 4.78 is 0.946. The Bertz CT molecular complexity index is 657. The summed E-state index contributed by atoms with van der Waals surface area (Å²) in [5.74, 6) is 0. The van der Waals surface area contributed by atoms with Gasteiger partial charge in [-0.15, -0.1) is 0 Å². The van der Waals surface area contributed by atoms with Crippen molar-refractivity contribution in [3.63, 3.8) is 0 Å². The van der Waals surface area contributed by atoms with Gasteiger partial charge in [0.2, 0.25) is 0 Å². The van der Waals surface area contributed by atoms with Crippen LogP contribution in [-0.4, -0.2) is 26.4 Å². The SMILES string of the molecule is CN1CCN(c2ccc(C=O)cc2Br)c2ccccc21. The van der Waals surface area contributed by atoms with Crippen molar-refractivity contribution in [2.75, 3.05) is 29.9 Å². The zero-order chi connectivity index (χ0) is 14.1. The number of fused-ring (bicyclic) bond motifs is 1. The van der Waals surface area contributed by atoms with E-state index in [1.165, 1.54) is 11.4 Å². The van der Waals surface area contributed by atoms with Crippen LogP contribution in [0.2, 0.25) is 0 Å². The second-order valence-electron chi connectivity index (χ2n) is 4.89. The predicted molar refractivity (Wildman–Crippen MR) is 86.2 cm³/mol. The van der Waals surface area contributed by atoms with E-state index in [1.54, 1.807) is 0 Å². The third-order valence-electron chi connectivity index (χ3n) is 3.64. The second-order valence-corrected chi connectivity index (χ2v) is 5.74. The molecule has 0 bridgehead atoms. The van der Waals surface area contributed by atoms with E-state index in [1.807, 2.05) is 18.2 Å². The molecular weight excluding hydrogens is 316 g/mol. The number of nitrogens with zero attached hydrogens (tertiary/aromatic N) is 2. The molecule has 0 amide bonds. The Morgan fingerprint density at radius 1 is 1.05 bits per heavy atom. The van der Waals surface area contributed by atoms with Crippen molar-refractivity contribution in [3.8, 4) is 0 Å². The first-order chi connectivity index (χ1) is 9.70. The van der Waals surface area contributed by atoms with E-state index < -0.39 is 0 Å². The fourth-order valence-electron chi connectivity index (χ4n) is 2.57. The summed E-state index contributed by atoms with van der Waals surface area (Å²) in [6, 6.07) is 14.1. The van der Waals surface area contributed by atoms with Crippen molar-refractivity contribution >= 4 is 39.3 Å². The molecule has 0 aliphatic carbocycles. The number of anilines is 3. The summed E-state index contributed by atoms with van der Waals surface area (Å²) in [6.45, 7) is 1.89. The maximum absolute atomic E-state index is 10.8. The average molecular weight is 331 g/mol. The van der Waals surface area contributed by atoms with Gasteiger partial charge in [-0.3, -0.25) is 4.79 Å². The third kappa shape index (κ3) is 2.20. The normalized spacial score (nSPS) is 14.1. The van der Waals surface area contributed by atoms with Crippen LogP contribution in [0.5, 0.6) is 0 Å². The molecule has 0 radical (unpaired) electrons. The first-order valence-corrected chi connectivity index (χ1v) is 7.32. The number of para-hydroxylation sites is 2. The molecule has 20 heavy (non-hydrogen) atoms. The molecule has 1 aliphatic rings. The molecule has 3 nitrogen and oxygen atoms in total. The molecule has 1 aliphatic heterocycles. The zero-order valence-corrected chi connectivity index (χ0v) is 12.8. The molecule has 2 aromatic rings. The van der Waals surface area contributed by atoms with Gasteiger partial charge in [0.25, 0.3) is 0 Å². The standard InChI is InChI=1S/C16H15BrN2O/c1-18-8-9-19(16-5-3-2-4-15(16)18)14-7-6-12(11-20)10-13(14)17/h2-7,10-11H,8-9H2,1H3. The van der Waals surface area contributed by atoms with Crippen molar-refractivity contribution in [2.45, 2.75) is 0 Å². The monoisotopic (exact) mass is 330 g/mol. The first-order valence-electron chi connectivity index (χ1n) is 6.53. The predicted octanol–water partition coefficient (Wildman–Crippen LogP) is 3.85. The summed E-state index contributed by atoms with van der Waals surface area (Å²) in [6.07, 6.45) is 0.868. The summed E-state index contributed by atoms with van der Waals surface area (Å²) in [5, 5.41) is 0. The number of benzene rings is 2. The Morgan fingerprint density at radius 3 is 2.50 bits per heavy atom. The molecule has 0 fully saturated rings. The van der Waals surface area contributed by atoms with E-state index in [0.717, 1.165) is 29.5 Å². The van der Waals surface area contributed by atoms with Gasteiger partial charge in [0.15, 0.2) is 0 Å². The molecule has 0 saturated carbocycles. The smallest absolute Gasteiger partial charge is 0.150 e. The van der Waals surface area contributed by atoms with Gasteiger partial charge in [-0.05, 0) is 46.3 Å². The van der Waals surface area contributed by atoms with Gasteiger partial charge in [0, 0.05) is 30.2 Å². The molecule has 102 valence electrons. The maximum atomic E-state index is 10.8. The molecule has 3 rings (SSSR count). The highest BCUT2D eigenvalue weighted by atomic mass is 79.9. The highest BCUT2D eigenvalue weighted by molar-refractivity contribution is 9.10. The summed E-state index contributed by atoms with van der Waals surface area (Å²) >= 11 is 3.58. The minimum atomic E-state index is 0.683. The van der Waals surface area contributed by atoms with Crippen molar-refractivity contribution in [2.24, 2.45) is 0 Å². The lowest BCUT2D eigenvalue weighted by Gasteiger charge is -2.37. The van der Waals surface area contributed by atoms with Crippen LogP contribution in [0, 0.1) is 0 Å². The molecular formula is C16H15BrN2O. The van der Waals surface area contributed by atoms with E-state index in [0.29, 0.717) is 5.56 Å². The Morgan fingerprint density at radius 2 is 1.80 bits per heavy atom. The largest absolute Gasteiger partial charge is 0.371 e. The molecule has 0 atom stereocenters. The van der Waals surface area contributed by atoms with Crippen molar-refractivity contribution in [3.05, 3.63) is 52.5 Å². The Balaban J connectivity index is 2.08. The lowest BCUT2D eigenvalue weighted by molar-refractivity contribution is 0.112. The molecule has 0 N–H and O–H groups in total. The number of rotatable bonds is 2. The molecule has 0 spiro atoms. The van der Waals surface area contributed by atoms with Crippen LogP contribution in [0.4, 0.5) is 17.1 Å². The van der Waals surface area contributed by atoms with Gasteiger partial charge in [-0.2, -0.15) is 0 Å². The number of aldehydes is 1. The van der Waals surface area contributed by atoms with E-state index in [-0.39, 0.29) is 0 Å². The van der Waals surface area contributed by atoms with Crippen molar-refractivity contribution in [1.82, 2.24) is 0 Å². The van der Waals surface area contributed by atoms with Crippen LogP contribution in [0.25, 0.3) is 0 Å². The molecule has 1 heterocycles. The van der Waals surface area contributed by atoms with Crippen LogP contribution in [0.15, 0.2) is 46.9 Å². The topological polar surface area (TPSA) is 23.6 Å². The van der Waals surface area contributed by atoms with Gasteiger partial charge < -0.3 is 9.80 Å². The van der Waals surface area contributed by atoms with Crippen LogP contribution in [0.1, 0.15) is 10.4 Å². The van der Waals surface area contributed by atoms with Gasteiger partial charge in [-0.25, -0.2) is 0 Å². The van der Waals surface area contributed by atoms with Crippen LogP contribution >= 0.6 is 15.9 Å². The van der Waals surface area contributed by atoms with Crippen molar-refractivity contribution in [1.29, 1.82) is 0 Å². The number of hydrogen-bond donors (Lipinski definition) is 0. The summed E-state index contributed by atoms with van der Waals surface area (Å²) in [4.78, 5) is 15.4. The fraction of sp³-hybridized carbons (Fsp3) is 0.188. The van der Waals surface area contributed by atoms with Gasteiger partial charge in [0.05, 0.1) is 17.1 Å². The molecule has 4 heteroatoms. The number of halogens is 1. The highest BCUT2D eigenvalue weighted by Crippen LogP contribution is 2.39. The number of hydrogen-bond acceptors (Lipinski definition) is 3.